The Morgan fingerprint density at radius 2 is 1.85 bits per heavy atom. The molecular formula is C14H14ClNO3S. The molecule has 1 aromatic carbocycles. The van der Waals surface area contributed by atoms with Crippen LogP contribution in [0.4, 0.5) is 5.69 Å². The summed E-state index contributed by atoms with van der Waals surface area (Å²) >= 11 is 5.86. The smallest absolute Gasteiger partial charge is 0.230 e. The predicted molar refractivity (Wildman–Crippen MR) is 78.4 cm³/mol. The van der Waals surface area contributed by atoms with Gasteiger partial charge in [-0.05, 0) is 43.2 Å². The van der Waals surface area contributed by atoms with E-state index in [9.17, 15) is 13.2 Å². The number of hydrogen-bond acceptors (Lipinski definition) is 3. The zero-order valence-corrected chi connectivity index (χ0v) is 12.3. The number of halogens is 1. The highest BCUT2D eigenvalue weighted by atomic mass is 35.5. The average Bonchev–Trinajstić information content (AvgIpc) is 3.17. The molecule has 0 bridgehead atoms. The highest BCUT2D eigenvalue weighted by Crippen LogP contribution is 2.35. The third-order valence-corrected chi connectivity index (χ3v) is 5.14. The van der Waals surface area contributed by atoms with Crippen LogP contribution in [0.15, 0.2) is 35.7 Å². The zero-order chi connectivity index (χ0) is 14.3. The quantitative estimate of drug-likeness (QED) is 0.861. The molecule has 1 aliphatic carbocycles. The van der Waals surface area contributed by atoms with Crippen molar-refractivity contribution in [2.45, 2.75) is 18.9 Å². The summed E-state index contributed by atoms with van der Waals surface area (Å²) < 4.78 is 23.2. The fourth-order valence-electron chi connectivity index (χ4n) is 2.33. The van der Waals surface area contributed by atoms with Gasteiger partial charge >= 0.3 is 0 Å². The fraction of sp³-hybridized carbons (Fsp3) is 0.357. The monoisotopic (exact) mass is 311 g/mol. The molecule has 1 atom stereocenters. The van der Waals surface area contributed by atoms with Crippen LogP contribution in [0.1, 0.15) is 12.8 Å². The molecular weight excluding hydrogens is 298 g/mol. The first kappa shape index (κ1) is 13.6. The van der Waals surface area contributed by atoms with Crippen molar-refractivity contribution in [3.63, 3.8) is 0 Å². The van der Waals surface area contributed by atoms with Gasteiger partial charge in [0, 0.05) is 22.0 Å². The van der Waals surface area contributed by atoms with Crippen LogP contribution in [-0.4, -0.2) is 26.1 Å². The van der Waals surface area contributed by atoms with Gasteiger partial charge in [-0.2, -0.15) is 0 Å². The molecule has 0 unspecified atom stereocenters. The van der Waals surface area contributed by atoms with E-state index in [1.54, 1.807) is 35.2 Å². The number of sulfone groups is 1. The molecule has 106 valence electrons. The highest BCUT2D eigenvalue weighted by Gasteiger charge is 2.39. The van der Waals surface area contributed by atoms with Gasteiger partial charge in [0.15, 0.2) is 9.84 Å². The van der Waals surface area contributed by atoms with E-state index < -0.39 is 15.9 Å². The summed E-state index contributed by atoms with van der Waals surface area (Å²) in [6.07, 6.45) is 3.35. The number of amides is 1. The summed E-state index contributed by atoms with van der Waals surface area (Å²) in [6, 6.07) is 6.49. The molecule has 4 nitrogen and oxygen atoms in total. The minimum atomic E-state index is -3.20. The first-order valence-corrected chi connectivity index (χ1v) is 8.55. The summed E-state index contributed by atoms with van der Waals surface area (Å²) in [5, 5.41) is 1.78. The van der Waals surface area contributed by atoms with E-state index in [1.165, 1.54) is 5.41 Å². The molecule has 1 aliphatic heterocycles. The van der Waals surface area contributed by atoms with Crippen LogP contribution in [0.2, 0.25) is 5.02 Å². The van der Waals surface area contributed by atoms with E-state index in [2.05, 4.69) is 0 Å². The minimum absolute atomic E-state index is 0.000859. The molecule has 0 saturated heterocycles. The van der Waals surface area contributed by atoms with E-state index >= 15 is 0 Å². The van der Waals surface area contributed by atoms with Gasteiger partial charge < -0.3 is 4.90 Å². The Labute approximate surface area is 122 Å². The standard InChI is InChI=1S/C14H14ClNO3S/c15-11-3-5-12(6-4-11)16(14(17)10-1-2-10)13-7-8-20(18,19)9-13/h3-8,10,13H,1-2,9H2/t13-/m1/s1. The van der Waals surface area contributed by atoms with Crippen LogP contribution in [0, 0.1) is 5.92 Å². The Morgan fingerprint density at radius 1 is 1.20 bits per heavy atom. The Balaban J connectivity index is 1.94. The molecule has 1 amide bonds. The maximum Gasteiger partial charge on any atom is 0.230 e. The first-order chi connectivity index (χ1) is 9.46. The van der Waals surface area contributed by atoms with Crippen LogP contribution in [0.5, 0.6) is 0 Å². The largest absolute Gasteiger partial charge is 0.304 e. The molecule has 6 heteroatoms. The normalized spacial score (nSPS) is 23.8. The molecule has 1 saturated carbocycles. The lowest BCUT2D eigenvalue weighted by Crippen LogP contribution is -2.42. The Kier molecular flexibility index (Phi) is 3.34. The number of anilines is 1. The van der Waals surface area contributed by atoms with Crippen LogP contribution in [0.25, 0.3) is 0 Å². The van der Waals surface area contributed by atoms with Gasteiger partial charge in [0.05, 0.1) is 11.8 Å². The molecule has 1 aromatic rings. The topological polar surface area (TPSA) is 54.5 Å². The van der Waals surface area contributed by atoms with Crippen molar-refractivity contribution < 1.29 is 13.2 Å². The molecule has 0 radical (unpaired) electrons. The molecule has 2 aliphatic rings. The maximum absolute atomic E-state index is 12.5. The van der Waals surface area contributed by atoms with Crippen molar-refractivity contribution in [3.8, 4) is 0 Å². The van der Waals surface area contributed by atoms with Gasteiger partial charge in [-0.15, -0.1) is 0 Å². The lowest BCUT2D eigenvalue weighted by atomic mass is 10.2. The van der Waals surface area contributed by atoms with Gasteiger partial charge in [0.1, 0.15) is 0 Å². The van der Waals surface area contributed by atoms with Crippen LogP contribution in [0.3, 0.4) is 0 Å². The van der Waals surface area contributed by atoms with E-state index in [0.717, 1.165) is 12.8 Å². The first-order valence-electron chi connectivity index (χ1n) is 6.46. The van der Waals surface area contributed by atoms with E-state index in [0.29, 0.717) is 10.7 Å². The van der Waals surface area contributed by atoms with Gasteiger partial charge in [-0.1, -0.05) is 11.6 Å². The lowest BCUT2D eigenvalue weighted by Gasteiger charge is -2.27. The number of benzene rings is 1. The van der Waals surface area contributed by atoms with Crippen molar-refractivity contribution in [2.75, 3.05) is 10.7 Å². The van der Waals surface area contributed by atoms with Crippen molar-refractivity contribution in [2.24, 2.45) is 5.92 Å². The fourth-order valence-corrected chi connectivity index (χ4v) is 3.73. The minimum Gasteiger partial charge on any atom is -0.304 e. The number of carbonyl (C=O) groups excluding carboxylic acids is 1. The molecule has 1 fully saturated rings. The zero-order valence-electron chi connectivity index (χ0n) is 10.7. The van der Waals surface area contributed by atoms with Gasteiger partial charge in [0.25, 0.3) is 0 Å². The van der Waals surface area contributed by atoms with Crippen molar-refractivity contribution >= 4 is 33.0 Å². The molecule has 20 heavy (non-hydrogen) atoms. The average molecular weight is 312 g/mol. The number of hydrogen-bond donors (Lipinski definition) is 0. The summed E-state index contributed by atoms with van der Waals surface area (Å²) in [5.41, 5.74) is 0.693. The Morgan fingerprint density at radius 3 is 2.35 bits per heavy atom. The summed E-state index contributed by atoms with van der Waals surface area (Å²) in [6.45, 7) is 0. The second-order valence-electron chi connectivity index (χ2n) is 5.18. The second kappa shape index (κ2) is 4.90. The van der Waals surface area contributed by atoms with E-state index in [4.69, 9.17) is 11.6 Å². The molecule has 0 N–H and O–H groups in total. The van der Waals surface area contributed by atoms with Crippen molar-refractivity contribution in [3.05, 3.63) is 40.8 Å². The van der Waals surface area contributed by atoms with Crippen molar-refractivity contribution in [1.29, 1.82) is 0 Å². The van der Waals surface area contributed by atoms with E-state index in [-0.39, 0.29) is 17.6 Å². The molecule has 0 spiro atoms. The SMILES string of the molecule is O=C(C1CC1)N(c1ccc(Cl)cc1)[C@@H]1C=CS(=O)(=O)C1. The Hall–Kier alpha value is -1.33. The van der Waals surface area contributed by atoms with Gasteiger partial charge in [0.2, 0.25) is 5.91 Å². The second-order valence-corrected chi connectivity index (χ2v) is 7.55. The summed E-state index contributed by atoms with van der Waals surface area (Å²) in [7, 11) is -3.20. The number of carbonyl (C=O) groups is 1. The number of rotatable bonds is 3. The third kappa shape index (κ3) is 2.74. The Bertz CT molecular complexity index is 662. The third-order valence-electron chi connectivity index (χ3n) is 3.51. The maximum atomic E-state index is 12.5. The lowest BCUT2D eigenvalue weighted by molar-refractivity contribution is -0.120. The highest BCUT2D eigenvalue weighted by molar-refractivity contribution is 7.94. The summed E-state index contributed by atoms with van der Waals surface area (Å²) in [5.74, 6) is -0.0184. The summed E-state index contributed by atoms with van der Waals surface area (Å²) in [4.78, 5) is 14.0. The molecule has 3 rings (SSSR count). The van der Waals surface area contributed by atoms with E-state index in [1.807, 2.05) is 0 Å². The predicted octanol–water partition coefficient (Wildman–Crippen LogP) is 2.39. The molecule has 1 heterocycles. The molecule has 0 aromatic heterocycles. The van der Waals surface area contributed by atoms with Crippen LogP contribution >= 0.6 is 11.6 Å². The van der Waals surface area contributed by atoms with Gasteiger partial charge in [-0.3, -0.25) is 4.79 Å². The van der Waals surface area contributed by atoms with Crippen LogP contribution < -0.4 is 4.90 Å². The number of nitrogens with zero attached hydrogens (tertiary/aromatic N) is 1. The van der Waals surface area contributed by atoms with Crippen LogP contribution in [-0.2, 0) is 14.6 Å². The van der Waals surface area contributed by atoms with Crippen molar-refractivity contribution in [1.82, 2.24) is 0 Å². The van der Waals surface area contributed by atoms with Gasteiger partial charge in [-0.25, -0.2) is 8.42 Å².